The first-order chi connectivity index (χ1) is 13.1. The van der Waals surface area contributed by atoms with Gasteiger partial charge in [0.1, 0.15) is 4.83 Å². The summed E-state index contributed by atoms with van der Waals surface area (Å²) in [6.45, 7) is 0. The molecule has 0 spiro atoms. The maximum Gasteiger partial charge on any atom is 0.262 e. The fourth-order valence-electron chi connectivity index (χ4n) is 2.75. The normalized spacial score (nSPS) is 12.1. The molecule has 7 heteroatoms. The number of pyridine rings is 1. The Morgan fingerprint density at radius 2 is 1.85 bits per heavy atom. The molecule has 1 N–H and O–H groups in total. The lowest BCUT2D eigenvalue weighted by atomic mass is 10.0. The number of aromatic nitrogens is 2. The molecule has 1 aromatic carbocycles. The molecule has 1 amide bonds. The summed E-state index contributed by atoms with van der Waals surface area (Å²) in [6, 6.07) is 17.2. The summed E-state index contributed by atoms with van der Waals surface area (Å²) in [4.78, 5) is 25.5. The second-order valence-electron chi connectivity index (χ2n) is 6.24. The van der Waals surface area contributed by atoms with Crippen molar-refractivity contribution in [1.29, 1.82) is 0 Å². The maximum absolute atomic E-state index is 12.9. The minimum atomic E-state index is -0.301. The van der Waals surface area contributed by atoms with Crippen molar-refractivity contribution in [3.05, 3.63) is 76.9 Å². The minimum Gasteiger partial charge on any atom is -0.354 e. The zero-order valence-corrected chi connectivity index (χ0v) is 16.6. The number of anilines is 1. The smallest absolute Gasteiger partial charge is 0.262 e. The molecule has 4 aromatic rings. The monoisotopic (exact) mass is 394 g/mol. The predicted octanol–water partition coefficient (Wildman–Crippen LogP) is 4.34. The van der Waals surface area contributed by atoms with Gasteiger partial charge in [0.05, 0.1) is 21.3 Å². The van der Waals surface area contributed by atoms with E-state index in [2.05, 4.69) is 15.3 Å². The van der Waals surface area contributed by atoms with Crippen LogP contribution in [0.1, 0.15) is 27.0 Å². The molecule has 1 atom stereocenters. The van der Waals surface area contributed by atoms with Crippen LogP contribution in [0.25, 0.3) is 9.53 Å². The largest absolute Gasteiger partial charge is 0.354 e. The Labute approximate surface area is 165 Å². The molecule has 4 rings (SSSR count). The van der Waals surface area contributed by atoms with Gasteiger partial charge in [0.2, 0.25) is 0 Å². The summed E-state index contributed by atoms with van der Waals surface area (Å²) in [5, 5.41) is 4.07. The Bertz CT molecular complexity index is 986. The highest BCUT2D eigenvalue weighted by Gasteiger charge is 2.21. The summed E-state index contributed by atoms with van der Waals surface area (Å²) < 4.78 is 1.03. The highest BCUT2D eigenvalue weighted by molar-refractivity contribution is 7.29. The van der Waals surface area contributed by atoms with Gasteiger partial charge >= 0.3 is 0 Å². The highest BCUT2D eigenvalue weighted by atomic mass is 32.1. The molecule has 3 heterocycles. The Hall–Kier alpha value is -2.77. The van der Waals surface area contributed by atoms with Gasteiger partial charge in [0, 0.05) is 20.3 Å². The lowest BCUT2D eigenvalue weighted by Gasteiger charge is -2.18. The predicted molar refractivity (Wildman–Crippen MR) is 112 cm³/mol. The Morgan fingerprint density at radius 3 is 2.52 bits per heavy atom. The number of hydrogen-bond donors (Lipinski definition) is 1. The number of thiazole rings is 1. The van der Waals surface area contributed by atoms with Crippen molar-refractivity contribution in [2.45, 2.75) is 6.04 Å². The highest BCUT2D eigenvalue weighted by Crippen LogP contribution is 2.34. The quantitative estimate of drug-likeness (QED) is 0.547. The number of amides is 1. The number of carbonyl (C=O) groups is 1. The standard InChI is InChI=1S/C20H18N4OS2/c1-24(2)20-23-19-16(27-20)12-15(26-19)18(25)22-17(13-8-4-3-5-9-13)14-10-6-7-11-21-14/h3-12,17H,1-2H3,(H,22,25)/t17-/m0/s1. The second kappa shape index (κ2) is 7.46. The molecule has 0 saturated heterocycles. The van der Waals surface area contributed by atoms with Crippen molar-refractivity contribution in [2.24, 2.45) is 0 Å². The number of nitrogens with zero attached hydrogens (tertiary/aromatic N) is 3. The van der Waals surface area contributed by atoms with Gasteiger partial charge in [-0.2, -0.15) is 0 Å². The number of carbonyl (C=O) groups excluding carboxylic acids is 1. The molecule has 0 aliphatic rings. The van der Waals surface area contributed by atoms with Crippen LogP contribution in [0.15, 0.2) is 60.8 Å². The molecule has 5 nitrogen and oxygen atoms in total. The molecule has 0 saturated carbocycles. The third kappa shape index (κ3) is 3.70. The van der Waals surface area contributed by atoms with Crippen molar-refractivity contribution in [2.75, 3.05) is 19.0 Å². The molecule has 3 aromatic heterocycles. The summed E-state index contributed by atoms with van der Waals surface area (Å²) in [7, 11) is 3.93. The molecule has 0 aliphatic heterocycles. The van der Waals surface area contributed by atoms with E-state index in [0.29, 0.717) is 4.88 Å². The van der Waals surface area contributed by atoms with Crippen molar-refractivity contribution in [3.8, 4) is 0 Å². The Balaban J connectivity index is 1.63. The zero-order valence-electron chi connectivity index (χ0n) is 14.9. The first-order valence-corrected chi connectivity index (χ1v) is 10.1. The van der Waals surface area contributed by atoms with Gasteiger partial charge in [-0.15, -0.1) is 11.3 Å². The van der Waals surface area contributed by atoms with Crippen LogP contribution in [0.5, 0.6) is 0 Å². The number of nitrogens with one attached hydrogen (secondary N) is 1. The molecule has 0 fully saturated rings. The van der Waals surface area contributed by atoms with Gasteiger partial charge < -0.3 is 10.2 Å². The zero-order chi connectivity index (χ0) is 18.8. The van der Waals surface area contributed by atoms with Crippen LogP contribution >= 0.6 is 22.7 Å². The van der Waals surface area contributed by atoms with Crippen molar-refractivity contribution >= 4 is 43.2 Å². The fourth-order valence-corrected chi connectivity index (χ4v) is 4.79. The van der Waals surface area contributed by atoms with E-state index in [4.69, 9.17) is 0 Å². The van der Waals surface area contributed by atoms with Crippen LogP contribution < -0.4 is 10.2 Å². The average molecular weight is 395 g/mol. The number of fused-ring (bicyclic) bond motifs is 1. The molecular formula is C20H18N4OS2. The maximum atomic E-state index is 12.9. The van der Waals surface area contributed by atoms with E-state index in [1.807, 2.05) is 73.6 Å². The van der Waals surface area contributed by atoms with Gasteiger partial charge in [-0.05, 0) is 23.8 Å². The minimum absolute atomic E-state index is 0.115. The third-order valence-electron chi connectivity index (χ3n) is 4.08. The van der Waals surface area contributed by atoms with Crippen LogP contribution in [0.3, 0.4) is 0 Å². The van der Waals surface area contributed by atoms with Crippen LogP contribution in [0.4, 0.5) is 5.13 Å². The van der Waals surface area contributed by atoms with Gasteiger partial charge in [-0.1, -0.05) is 47.7 Å². The topological polar surface area (TPSA) is 58.1 Å². The van der Waals surface area contributed by atoms with Crippen molar-refractivity contribution in [1.82, 2.24) is 15.3 Å². The lowest BCUT2D eigenvalue weighted by molar-refractivity contribution is 0.0946. The van der Waals surface area contributed by atoms with E-state index in [-0.39, 0.29) is 11.9 Å². The van der Waals surface area contributed by atoms with Gasteiger partial charge in [0.15, 0.2) is 5.13 Å². The molecular weight excluding hydrogens is 376 g/mol. The average Bonchev–Trinajstić information content (AvgIpc) is 3.27. The van der Waals surface area contributed by atoms with Gasteiger partial charge in [-0.25, -0.2) is 4.98 Å². The summed E-state index contributed by atoms with van der Waals surface area (Å²) in [5.41, 5.74) is 1.80. The van der Waals surface area contributed by atoms with Crippen LogP contribution in [0.2, 0.25) is 0 Å². The molecule has 0 aliphatic carbocycles. The number of hydrogen-bond acceptors (Lipinski definition) is 6. The van der Waals surface area contributed by atoms with Crippen LogP contribution in [0, 0.1) is 0 Å². The fraction of sp³-hybridized carbons (Fsp3) is 0.150. The van der Waals surface area contributed by atoms with Gasteiger partial charge in [0.25, 0.3) is 5.91 Å². The Kier molecular flexibility index (Phi) is 4.87. The van der Waals surface area contributed by atoms with E-state index in [1.54, 1.807) is 17.5 Å². The third-order valence-corrected chi connectivity index (χ3v) is 6.40. The molecule has 0 bridgehead atoms. The summed E-state index contributed by atoms with van der Waals surface area (Å²) in [5.74, 6) is -0.115. The number of thiophene rings is 1. The van der Waals surface area contributed by atoms with E-state index in [1.165, 1.54) is 11.3 Å². The number of rotatable bonds is 5. The first-order valence-electron chi connectivity index (χ1n) is 8.46. The van der Waals surface area contributed by atoms with Crippen LogP contribution in [-0.4, -0.2) is 30.0 Å². The molecule has 0 radical (unpaired) electrons. The van der Waals surface area contributed by atoms with E-state index >= 15 is 0 Å². The first kappa shape index (κ1) is 17.6. The van der Waals surface area contributed by atoms with Crippen molar-refractivity contribution < 1.29 is 4.79 Å². The summed E-state index contributed by atoms with van der Waals surface area (Å²) >= 11 is 3.00. The molecule has 0 unspecified atom stereocenters. The summed E-state index contributed by atoms with van der Waals surface area (Å²) in [6.07, 6.45) is 1.74. The van der Waals surface area contributed by atoms with Gasteiger partial charge in [-0.3, -0.25) is 9.78 Å². The molecule has 136 valence electrons. The van der Waals surface area contributed by atoms with Crippen LogP contribution in [-0.2, 0) is 0 Å². The number of benzene rings is 1. The Morgan fingerprint density at radius 1 is 1.07 bits per heavy atom. The van der Waals surface area contributed by atoms with E-state index in [0.717, 1.165) is 25.9 Å². The lowest BCUT2D eigenvalue weighted by Crippen LogP contribution is -2.29. The molecule has 27 heavy (non-hydrogen) atoms. The van der Waals surface area contributed by atoms with Crippen molar-refractivity contribution in [3.63, 3.8) is 0 Å². The van der Waals surface area contributed by atoms with E-state index in [9.17, 15) is 4.79 Å². The second-order valence-corrected chi connectivity index (χ2v) is 8.28. The van der Waals surface area contributed by atoms with E-state index < -0.39 is 0 Å². The SMILES string of the molecule is CN(C)c1nc2sc(C(=O)N[C@@H](c3ccccc3)c3ccccn3)cc2s1.